The predicted octanol–water partition coefficient (Wildman–Crippen LogP) is 3.96. The number of rotatable bonds is 4. The van der Waals surface area contributed by atoms with Gasteiger partial charge in [0.2, 0.25) is 12.5 Å². The molecule has 6 heteroatoms. The molecule has 0 radical (unpaired) electrons. The van der Waals surface area contributed by atoms with Gasteiger partial charge in [-0.3, -0.25) is 4.79 Å². The molecule has 0 bridgehead atoms. The minimum atomic E-state index is -0.102. The number of benzene rings is 2. The van der Waals surface area contributed by atoms with Crippen LogP contribution >= 0.6 is 11.6 Å². The van der Waals surface area contributed by atoms with Crippen LogP contribution in [0.3, 0.4) is 0 Å². The molecule has 2 aliphatic rings. The second kappa shape index (κ2) is 7.25. The average molecular weight is 386 g/mol. The Morgan fingerprint density at radius 1 is 1.19 bits per heavy atom. The third kappa shape index (κ3) is 3.29. The highest BCUT2D eigenvalue weighted by Crippen LogP contribution is 2.49. The first-order valence-electron chi connectivity index (χ1n) is 8.76. The molecule has 4 rings (SSSR count). The Morgan fingerprint density at radius 3 is 2.67 bits per heavy atom. The largest absolute Gasteiger partial charge is 0.492 e. The van der Waals surface area contributed by atoms with E-state index >= 15 is 0 Å². The molecule has 2 aliphatic heterocycles. The Bertz CT molecular complexity index is 921. The van der Waals surface area contributed by atoms with E-state index in [-0.39, 0.29) is 12.6 Å². The third-order valence-corrected chi connectivity index (χ3v) is 5.16. The van der Waals surface area contributed by atoms with E-state index in [0.717, 1.165) is 29.7 Å². The molecule has 0 aromatic heterocycles. The molecule has 0 saturated carbocycles. The van der Waals surface area contributed by atoms with Crippen LogP contribution in [-0.2, 0) is 13.0 Å². The van der Waals surface area contributed by atoms with E-state index in [4.69, 9.17) is 25.8 Å². The topological polar surface area (TPSA) is 48.0 Å². The molecule has 0 spiro atoms. The van der Waals surface area contributed by atoms with Gasteiger partial charge in [-0.15, -0.1) is 0 Å². The Labute approximate surface area is 163 Å². The molecule has 0 atom stereocenters. The van der Waals surface area contributed by atoms with Gasteiger partial charge in [0.05, 0.1) is 12.7 Å². The van der Waals surface area contributed by atoms with E-state index in [1.54, 1.807) is 31.4 Å². The number of methoxy groups -OCH3 is 1. The first kappa shape index (κ1) is 17.9. The Morgan fingerprint density at radius 2 is 1.93 bits per heavy atom. The maximum absolute atomic E-state index is 13.1. The highest BCUT2D eigenvalue weighted by molar-refractivity contribution is 6.30. The molecular weight excluding hydrogens is 366 g/mol. The zero-order valence-electron chi connectivity index (χ0n) is 15.3. The van der Waals surface area contributed by atoms with Gasteiger partial charge in [0, 0.05) is 23.7 Å². The maximum Gasteiger partial charge on any atom is 0.231 e. The van der Waals surface area contributed by atoms with Gasteiger partial charge < -0.3 is 19.1 Å². The van der Waals surface area contributed by atoms with E-state index < -0.39 is 0 Å². The molecule has 140 valence electrons. The lowest BCUT2D eigenvalue weighted by Crippen LogP contribution is -2.28. The molecule has 2 aromatic rings. The highest BCUT2D eigenvalue weighted by atomic mass is 35.5. The quantitative estimate of drug-likeness (QED) is 0.589. The number of hydrogen-bond donors (Lipinski definition) is 0. The summed E-state index contributed by atoms with van der Waals surface area (Å²) < 4.78 is 16.9. The second-order valence-corrected chi connectivity index (χ2v) is 7.10. The van der Waals surface area contributed by atoms with Crippen LogP contribution in [0.25, 0.3) is 6.08 Å². The first-order chi connectivity index (χ1) is 13.1. The summed E-state index contributed by atoms with van der Waals surface area (Å²) >= 11 is 5.92. The van der Waals surface area contributed by atoms with Crippen LogP contribution in [0.2, 0.25) is 5.02 Å². The van der Waals surface area contributed by atoms with Crippen molar-refractivity contribution in [2.75, 3.05) is 27.5 Å². The van der Waals surface area contributed by atoms with Crippen LogP contribution in [0.15, 0.2) is 30.3 Å². The molecule has 2 heterocycles. The minimum absolute atomic E-state index is 0.0889. The Kier molecular flexibility index (Phi) is 4.81. The molecule has 27 heavy (non-hydrogen) atoms. The van der Waals surface area contributed by atoms with Gasteiger partial charge in [-0.05, 0) is 42.8 Å². The van der Waals surface area contributed by atoms with E-state index in [0.29, 0.717) is 34.4 Å². The van der Waals surface area contributed by atoms with Gasteiger partial charge in [0.25, 0.3) is 0 Å². The third-order valence-electron chi connectivity index (χ3n) is 4.91. The van der Waals surface area contributed by atoms with Gasteiger partial charge in [0.1, 0.15) is 0 Å². The van der Waals surface area contributed by atoms with Crippen molar-refractivity contribution in [3.05, 3.63) is 57.6 Å². The Balaban J connectivity index is 1.78. The number of nitrogens with zero attached hydrogens (tertiary/aromatic N) is 1. The average Bonchev–Trinajstić information content (AvgIpc) is 3.14. The number of ether oxygens (including phenoxy) is 3. The standard InChI is InChI=1S/C21H20ClNO4/c1-23-10-9-15-16(11-23)19(25-2)21-20(26-12-27-21)18(15)17(24)8-5-13-3-6-14(22)7-4-13/h3-8H,9-12H2,1-2H3. The number of likely N-dealkylation sites (N-methyl/N-ethyl adjacent to an activating group) is 1. The van der Waals surface area contributed by atoms with E-state index in [9.17, 15) is 4.79 Å². The van der Waals surface area contributed by atoms with Crippen molar-refractivity contribution in [3.8, 4) is 17.2 Å². The molecule has 2 aromatic carbocycles. The molecular formula is C21H20ClNO4. The SMILES string of the molecule is COc1c2c(c(C(=O)C=Cc3ccc(Cl)cc3)c3c1OCO3)CCN(C)C2. The van der Waals surface area contributed by atoms with Gasteiger partial charge in [0.15, 0.2) is 17.3 Å². The lowest BCUT2D eigenvalue weighted by atomic mass is 9.90. The summed E-state index contributed by atoms with van der Waals surface area (Å²) in [4.78, 5) is 15.3. The zero-order valence-corrected chi connectivity index (χ0v) is 16.0. The second-order valence-electron chi connectivity index (χ2n) is 6.67. The van der Waals surface area contributed by atoms with E-state index in [1.807, 2.05) is 12.1 Å². The number of allylic oxidation sites excluding steroid dienone is 1. The molecule has 0 N–H and O–H groups in total. The number of carbonyl (C=O) groups is 1. The number of hydrogen-bond acceptors (Lipinski definition) is 5. The fourth-order valence-corrected chi connectivity index (χ4v) is 3.72. The van der Waals surface area contributed by atoms with E-state index in [1.165, 1.54) is 0 Å². The van der Waals surface area contributed by atoms with Crippen LogP contribution in [0.1, 0.15) is 27.0 Å². The van der Waals surface area contributed by atoms with Crippen LogP contribution < -0.4 is 14.2 Å². The molecule has 0 aliphatic carbocycles. The summed E-state index contributed by atoms with van der Waals surface area (Å²) in [6.45, 7) is 1.67. The van der Waals surface area contributed by atoms with Gasteiger partial charge in [-0.25, -0.2) is 0 Å². The summed E-state index contributed by atoms with van der Waals surface area (Å²) in [6, 6.07) is 7.33. The maximum atomic E-state index is 13.1. The van der Waals surface area contributed by atoms with Crippen molar-refractivity contribution in [2.45, 2.75) is 13.0 Å². The molecule has 0 unspecified atom stereocenters. The van der Waals surface area contributed by atoms with Crippen LogP contribution in [0, 0.1) is 0 Å². The molecule has 0 fully saturated rings. The van der Waals surface area contributed by atoms with Crippen molar-refractivity contribution in [1.82, 2.24) is 4.90 Å². The van der Waals surface area contributed by atoms with Crippen molar-refractivity contribution in [1.29, 1.82) is 0 Å². The summed E-state index contributed by atoms with van der Waals surface area (Å²) in [7, 11) is 3.67. The lowest BCUT2D eigenvalue weighted by Gasteiger charge is -2.28. The summed E-state index contributed by atoms with van der Waals surface area (Å²) in [5, 5.41) is 0.662. The normalized spacial score (nSPS) is 15.8. The smallest absolute Gasteiger partial charge is 0.231 e. The number of ketones is 1. The predicted molar refractivity (Wildman–Crippen MR) is 104 cm³/mol. The summed E-state index contributed by atoms with van der Waals surface area (Å²) in [5.41, 5.74) is 3.47. The zero-order chi connectivity index (χ0) is 19.0. The monoisotopic (exact) mass is 385 g/mol. The molecule has 5 nitrogen and oxygen atoms in total. The van der Waals surface area contributed by atoms with Crippen LogP contribution in [-0.4, -0.2) is 38.2 Å². The highest BCUT2D eigenvalue weighted by Gasteiger charge is 2.34. The fraction of sp³-hybridized carbons (Fsp3) is 0.286. The molecule has 0 amide bonds. The van der Waals surface area contributed by atoms with Gasteiger partial charge in [-0.2, -0.15) is 0 Å². The first-order valence-corrected chi connectivity index (χ1v) is 9.14. The lowest BCUT2D eigenvalue weighted by molar-refractivity contribution is 0.104. The number of fused-ring (bicyclic) bond motifs is 2. The van der Waals surface area contributed by atoms with Crippen LogP contribution in [0.5, 0.6) is 17.2 Å². The summed E-state index contributed by atoms with van der Waals surface area (Å²) in [5.74, 6) is 1.58. The molecule has 0 saturated heterocycles. The van der Waals surface area contributed by atoms with Gasteiger partial charge >= 0.3 is 0 Å². The minimum Gasteiger partial charge on any atom is -0.492 e. The van der Waals surface area contributed by atoms with E-state index in [2.05, 4.69) is 11.9 Å². The fourth-order valence-electron chi connectivity index (χ4n) is 3.60. The Hall–Kier alpha value is -2.50. The summed E-state index contributed by atoms with van der Waals surface area (Å²) in [6.07, 6.45) is 4.12. The number of halogens is 1. The van der Waals surface area contributed by atoms with Crippen molar-refractivity contribution < 1.29 is 19.0 Å². The van der Waals surface area contributed by atoms with Crippen molar-refractivity contribution in [3.63, 3.8) is 0 Å². The van der Waals surface area contributed by atoms with Crippen molar-refractivity contribution in [2.24, 2.45) is 0 Å². The van der Waals surface area contributed by atoms with Crippen LogP contribution in [0.4, 0.5) is 0 Å². The number of carbonyl (C=O) groups excluding carboxylic acids is 1. The van der Waals surface area contributed by atoms with Gasteiger partial charge in [-0.1, -0.05) is 29.8 Å². The van der Waals surface area contributed by atoms with Crippen molar-refractivity contribution >= 4 is 23.5 Å².